The van der Waals surface area contributed by atoms with E-state index in [2.05, 4.69) is 10.6 Å². The van der Waals surface area contributed by atoms with Gasteiger partial charge in [-0.15, -0.1) is 0 Å². The van der Waals surface area contributed by atoms with Crippen LogP contribution < -0.4 is 10.6 Å². The molecule has 0 radical (unpaired) electrons. The largest absolute Gasteiger partial charge is 0.348 e. The number of nitrogens with zero attached hydrogens (tertiary/aromatic N) is 1. The highest BCUT2D eigenvalue weighted by Crippen LogP contribution is 2.14. The third-order valence-electron chi connectivity index (χ3n) is 3.60. The summed E-state index contributed by atoms with van der Waals surface area (Å²) < 4.78 is 0. The SMILES string of the molecule is CC1NCCCC1NC(=O)/C=C/c1cccc([N+](=O)[O-])c1. The zero-order valence-corrected chi connectivity index (χ0v) is 11.9. The van der Waals surface area contributed by atoms with Gasteiger partial charge in [0.1, 0.15) is 0 Å². The highest BCUT2D eigenvalue weighted by molar-refractivity contribution is 5.92. The molecule has 1 aromatic rings. The maximum Gasteiger partial charge on any atom is 0.270 e. The van der Waals surface area contributed by atoms with Gasteiger partial charge in [-0.05, 0) is 37.9 Å². The van der Waals surface area contributed by atoms with E-state index >= 15 is 0 Å². The van der Waals surface area contributed by atoms with Crippen LogP contribution in [0, 0.1) is 10.1 Å². The van der Waals surface area contributed by atoms with Crippen LogP contribution in [0.3, 0.4) is 0 Å². The molecule has 1 aliphatic heterocycles. The molecule has 6 heteroatoms. The van der Waals surface area contributed by atoms with E-state index < -0.39 is 4.92 Å². The molecule has 6 nitrogen and oxygen atoms in total. The fourth-order valence-corrected chi connectivity index (χ4v) is 2.39. The number of non-ortho nitro benzene ring substituents is 1. The molecule has 2 unspecified atom stereocenters. The van der Waals surface area contributed by atoms with Crippen LogP contribution in [0.4, 0.5) is 5.69 Å². The Labute approximate surface area is 123 Å². The Morgan fingerprint density at radius 1 is 1.52 bits per heavy atom. The number of nitro benzene ring substituents is 1. The Morgan fingerprint density at radius 3 is 3.05 bits per heavy atom. The first-order chi connectivity index (χ1) is 10.1. The second-order valence-corrected chi connectivity index (χ2v) is 5.19. The van der Waals surface area contributed by atoms with Gasteiger partial charge in [-0.3, -0.25) is 14.9 Å². The summed E-state index contributed by atoms with van der Waals surface area (Å²) in [5.74, 6) is -0.179. The van der Waals surface area contributed by atoms with Gasteiger partial charge >= 0.3 is 0 Å². The van der Waals surface area contributed by atoms with Gasteiger partial charge in [-0.2, -0.15) is 0 Å². The predicted octanol–water partition coefficient (Wildman–Crippen LogP) is 1.86. The first-order valence-corrected chi connectivity index (χ1v) is 7.02. The number of nitro groups is 1. The maximum atomic E-state index is 11.9. The van der Waals surface area contributed by atoms with Crippen molar-refractivity contribution in [2.24, 2.45) is 0 Å². The molecule has 0 aromatic heterocycles. The third-order valence-corrected chi connectivity index (χ3v) is 3.60. The zero-order chi connectivity index (χ0) is 15.2. The van der Waals surface area contributed by atoms with Gasteiger partial charge in [-0.1, -0.05) is 12.1 Å². The molecule has 1 fully saturated rings. The number of hydrogen-bond donors (Lipinski definition) is 2. The number of piperidine rings is 1. The fourth-order valence-electron chi connectivity index (χ4n) is 2.39. The first kappa shape index (κ1) is 15.2. The molecule has 0 bridgehead atoms. The molecule has 1 aliphatic rings. The first-order valence-electron chi connectivity index (χ1n) is 7.02. The summed E-state index contributed by atoms with van der Waals surface area (Å²) in [6.45, 7) is 3.03. The summed E-state index contributed by atoms with van der Waals surface area (Å²) in [6.07, 6.45) is 5.01. The van der Waals surface area contributed by atoms with Gasteiger partial charge in [-0.25, -0.2) is 0 Å². The van der Waals surface area contributed by atoms with Crippen molar-refractivity contribution in [2.75, 3.05) is 6.54 Å². The van der Waals surface area contributed by atoms with Gasteiger partial charge in [0, 0.05) is 30.3 Å². The van der Waals surface area contributed by atoms with Gasteiger partial charge in [0.2, 0.25) is 5.91 Å². The fraction of sp³-hybridized carbons (Fsp3) is 0.400. The quantitative estimate of drug-likeness (QED) is 0.503. The molecule has 2 atom stereocenters. The average molecular weight is 289 g/mol. The van der Waals surface area contributed by atoms with E-state index in [0.29, 0.717) is 5.56 Å². The molecule has 1 amide bonds. The number of carbonyl (C=O) groups is 1. The Morgan fingerprint density at radius 2 is 2.33 bits per heavy atom. The summed E-state index contributed by atoms with van der Waals surface area (Å²) in [5, 5.41) is 17.0. The highest BCUT2D eigenvalue weighted by atomic mass is 16.6. The molecule has 112 valence electrons. The minimum atomic E-state index is -0.452. The summed E-state index contributed by atoms with van der Waals surface area (Å²) in [6, 6.07) is 6.57. The summed E-state index contributed by atoms with van der Waals surface area (Å²) in [4.78, 5) is 22.1. The summed E-state index contributed by atoms with van der Waals surface area (Å²) in [5.41, 5.74) is 0.650. The van der Waals surface area contributed by atoms with Crippen LogP contribution in [0.5, 0.6) is 0 Å². The van der Waals surface area contributed by atoms with Crippen molar-refractivity contribution in [2.45, 2.75) is 31.8 Å². The molecule has 0 aliphatic carbocycles. The molecule has 0 spiro atoms. The Kier molecular flexibility index (Phi) is 5.05. The molecule has 1 heterocycles. The third kappa shape index (κ3) is 4.39. The second-order valence-electron chi connectivity index (χ2n) is 5.19. The van der Waals surface area contributed by atoms with Crippen molar-refractivity contribution in [3.63, 3.8) is 0 Å². The number of hydrogen-bond acceptors (Lipinski definition) is 4. The molecule has 2 N–H and O–H groups in total. The van der Waals surface area contributed by atoms with Crippen molar-refractivity contribution >= 4 is 17.7 Å². The van der Waals surface area contributed by atoms with Crippen LogP contribution >= 0.6 is 0 Å². The van der Waals surface area contributed by atoms with Crippen LogP contribution in [0.1, 0.15) is 25.3 Å². The molecular formula is C15H19N3O3. The van der Waals surface area contributed by atoms with Gasteiger partial charge in [0.15, 0.2) is 0 Å². The van der Waals surface area contributed by atoms with E-state index in [1.807, 2.05) is 6.92 Å². The highest BCUT2D eigenvalue weighted by Gasteiger charge is 2.21. The van der Waals surface area contributed by atoms with Gasteiger partial charge in [0.05, 0.1) is 4.92 Å². The van der Waals surface area contributed by atoms with Crippen molar-refractivity contribution in [3.05, 3.63) is 46.0 Å². The number of benzene rings is 1. The molecule has 21 heavy (non-hydrogen) atoms. The topological polar surface area (TPSA) is 84.3 Å². The average Bonchev–Trinajstić information content (AvgIpc) is 2.48. The van der Waals surface area contributed by atoms with E-state index in [9.17, 15) is 14.9 Å². The van der Waals surface area contributed by atoms with Crippen LogP contribution in [0.2, 0.25) is 0 Å². The monoisotopic (exact) mass is 289 g/mol. The molecule has 0 saturated carbocycles. The maximum absolute atomic E-state index is 11.9. The molecule has 1 saturated heterocycles. The molecular weight excluding hydrogens is 270 g/mol. The van der Waals surface area contributed by atoms with Crippen molar-refractivity contribution in [1.29, 1.82) is 0 Å². The van der Waals surface area contributed by atoms with Crippen LogP contribution in [-0.2, 0) is 4.79 Å². The predicted molar refractivity (Wildman–Crippen MR) is 80.8 cm³/mol. The van der Waals surface area contributed by atoms with Crippen LogP contribution in [-0.4, -0.2) is 29.5 Å². The zero-order valence-electron chi connectivity index (χ0n) is 11.9. The minimum Gasteiger partial charge on any atom is -0.348 e. The van der Waals surface area contributed by atoms with E-state index in [1.54, 1.807) is 18.2 Å². The van der Waals surface area contributed by atoms with Crippen molar-refractivity contribution in [1.82, 2.24) is 10.6 Å². The Hall–Kier alpha value is -2.21. The second kappa shape index (κ2) is 6.99. The lowest BCUT2D eigenvalue weighted by atomic mass is 10.00. The standard InChI is InChI=1S/C15H19N3O3/c1-11-14(6-3-9-16-11)17-15(19)8-7-12-4-2-5-13(10-12)18(20)21/h2,4-5,7-8,10-11,14,16H,3,6,9H2,1H3,(H,17,19)/b8-7+. The smallest absolute Gasteiger partial charge is 0.270 e. The van der Waals surface area contributed by atoms with Crippen molar-refractivity contribution in [3.8, 4) is 0 Å². The van der Waals surface area contributed by atoms with Crippen LogP contribution in [0.25, 0.3) is 6.08 Å². The Balaban J connectivity index is 1.95. The Bertz CT molecular complexity index is 557. The molecule has 1 aromatic carbocycles. The van der Waals surface area contributed by atoms with E-state index in [-0.39, 0.29) is 23.7 Å². The summed E-state index contributed by atoms with van der Waals surface area (Å²) in [7, 11) is 0. The van der Waals surface area contributed by atoms with Gasteiger partial charge in [0.25, 0.3) is 5.69 Å². The number of rotatable bonds is 4. The number of nitrogens with one attached hydrogen (secondary N) is 2. The van der Waals surface area contributed by atoms with E-state index in [4.69, 9.17) is 0 Å². The lowest BCUT2D eigenvalue weighted by molar-refractivity contribution is -0.384. The van der Waals surface area contributed by atoms with E-state index in [0.717, 1.165) is 19.4 Å². The van der Waals surface area contributed by atoms with Crippen molar-refractivity contribution < 1.29 is 9.72 Å². The van der Waals surface area contributed by atoms with Crippen LogP contribution in [0.15, 0.2) is 30.3 Å². The lowest BCUT2D eigenvalue weighted by Crippen LogP contribution is -2.51. The summed E-state index contributed by atoms with van der Waals surface area (Å²) >= 11 is 0. The van der Waals surface area contributed by atoms with E-state index in [1.165, 1.54) is 18.2 Å². The molecule has 2 rings (SSSR count). The lowest BCUT2D eigenvalue weighted by Gasteiger charge is -2.30. The van der Waals surface area contributed by atoms with Gasteiger partial charge < -0.3 is 10.6 Å². The number of carbonyl (C=O) groups excluding carboxylic acids is 1. The number of amides is 1. The minimum absolute atomic E-state index is 0.0164. The normalized spacial score (nSPS) is 22.1.